The van der Waals surface area contributed by atoms with Gasteiger partial charge in [0.1, 0.15) is 11.7 Å². The largest absolute Gasteiger partial charge is 0.465 e. The number of ketones is 1. The number of allylic oxidation sites excluding steroid dienone is 2. The third-order valence-electron chi connectivity index (χ3n) is 4.70. The highest BCUT2D eigenvalue weighted by atomic mass is 19.1. The van der Waals surface area contributed by atoms with Gasteiger partial charge in [0.05, 0.1) is 6.61 Å². The summed E-state index contributed by atoms with van der Waals surface area (Å²) in [6.45, 7) is 3.90. The lowest BCUT2D eigenvalue weighted by Gasteiger charge is -2.29. The molecule has 0 aromatic heterocycles. The van der Waals surface area contributed by atoms with Gasteiger partial charge in [-0.05, 0) is 55.2 Å². The van der Waals surface area contributed by atoms with Crippen molar-refractivity contribution in [1.29, 1.82) is 0 Å². The van der Waals surface area contributed by atoms with Crippen molar-refractivity contribution in [3.05, 3.63) is 77.1 Å². The standard InChI is InChI=1S/C22H21FO3/c1-3-26-22(25)21-19(16-5-4-6-18(23)11-16)12-17(13-20(21)24)15-9-7-14(2)8-10-15/h4-11,13,19,21H,3,12H2,1-2H3/t19-,21-/m1/s1. The van der Waals surface area contributed by atoms with Gasteiger partial charge < -0.3 is 4.74 Å². The van der Waals surface area contributed by atoms with E-state index in [1.165, 1.54) is 18.2 Å². The molecule has 2 atom stereocenters. The molecule has 1 aliphatic rings. The van der Waals surface area contributed by atoms with Gasteiger partial charge in [-0.25, -0.2) is 4.39 Å². The zero-order chi connectivity index (χ0) is 18.7. The number of hydrogen-bond donors (Lipinski definition) is 0. The molecule has 0 unspecified atom stereocenters. The Bertz CT molecular complexity index is 852. The fraction of sp³-hybridized carbons (Fsp3) is 0.273. The number of esters is 1. The summed E-state index contributed by atoms with van der Waals surface area (Å²) < 4.78 is 18.9. The van der Waals surface area contributed by atoms with E-state index in [1.54, 1.807) is 19.1 Å². The van der Waals surface area contributed by atoms with Crippen molar-refractivity contribution < 1.29 is 18.7 Å². The zero-order valence-electron chi connectivity index (χ0n) is 14.9. The van der Waals surface area contributed by atoms with Crippen LogP contribution in [0.2, 0.25) is 0 Å². The lowest BCUT2D eigenvalue weighted by molar-refractivity contribution is -0.151. The molecule has 3 rings (SSSR count). The van der Waals surface area contributed by atoms with E-state index in [0.717, 1.165) is 16.7 Å². The van der Waals surface area contributed by atoms with Gasteiger partial charge in [0.25, 0.3) is 0 Å². The first kappa shape index (κ1) is 18.1. The number of aryl methyl sites for hydroxylation is 1. The van der Waals surface area contributed by atoms with Crippen molar-refractivity contribution in [3.63, 3.8) is 0 Å². The summed E-state index contributed by atoms with van der Waals surface area (Å²) in [7, 11) is 0. The molecule has 3 nitrogen and oxygen atoms in total. The van der Waals surface area contributed by atoms with Crippen molar-refractivity contribution in [2.24, 2.45) is 5.92 Å². The van der Waals surface area contributed by atoms with Crippen LogP contribution in [0.5, 0.6) is 0 Å². The minimum atomic E-state index is -0.939. The van der Waals surface area contributed by atoms with E-state index in [0.29, 0.717) is 12.0 Å². The molecular weight excluding hydrogens is 331 g/mol. The van der Waals surface area contributed by atoms with Crippen molar-refractivity contribution in [2.45, 2.75) is 26.2 Å². The molecule has 0 bridgehead atoms. The van der Waals surface area contributed by atoms with Gasteiger partial charge >= 0.3 is 5.97 Å². The van der Waals surface area contributed by atoms with Crippen molar-refractivity contribution in [2.75, 3.05) is 6.61 Å². The summed E-state index contributed by atoms with van der Waals surface area (Å²) >= 11 is 0. The van der Waals surface area contributed by atoms with Crippen LogP contribution in [0.25, 0.3) is 5.57 Å². The number of rotatable bonds is 4. The van der Waals surface area contributed by atoms with E-state index >= 15 is 0 Å². The third kappa shape index (κ3) is 3.74. The van der Waals surface area contributed by atoms with Crippen LogP contribution in [0.4, 0.5) is 4.39 Å². The molecule has 0 saturated carbocycles. The topological polar surface area (TPSA) is 43.4 Å². The quantitative estimate of drug-likeness (QED) is 0.603. The fourth-order valence-electron chi connectivity index (χ4n) is 3.40. The van der Waals surface area contributed by atoms with Gasteiger partial charge in [0.2, 0.25) is 0 Å². The first-order chi connectivity index (χ1) is 12.5. The monoisotopic (exact) mass is 352 g/mol. The number of carbonyl (C=O) groups excluding carboxylic acids is 2. The van der Waals surface area contributed by atoms with Crippen molar-refractivity contribution in [1.82, 2.24) is 0 Å². The second kappa shape index (κ2) is 7.65. The second-order valence-electron chi connectivity index (χ2n) is 6.53. The molecule has 0 spiro atoms. The van der Waals surface area contributed by atoms with Gasteiger partial charge in [-0.2, -0.15) is 0 Å². The Hall–Kier alpha value is -2.75. The van der Waals surface area contributed by atoms with Gasteiger partial charge in [-0.15, -0.1) is 0 Å². The highest BCUT2D eigenvalue weighted by Crippen LogP contribution is 2.40. The predicted octanol–water partition coefficient (Wildman–Crippen LogP) is 4.45. The SMILES string of the molecule is CCOC(=O)[C@H]1C(=O)C=C(c2ccc(C)cc2)C[C@@H]1c1cccc(F)c1. The van der Waals surface area contributed by atoms with Gasteiger partial charge in [-0.3, -0.25) is 9.59 Å². The summed E-state index contributed by atoms with van der Waals surface area (Å²) in [5, 5.41) is 0. The molecular formula is C22H21FO3. The Labute approximate surface area is 152 Å². The van der Waals surface area contributed by atoms with E-state index in [1.807, 2.05) is 31.2 Å². The van der Waals surface area contributed by atoms with Gasteiger partial charge in [0.15, 0.2) is 5.78 Å². The normalized spacial score (nSPS) is 19.8. The minimum absolute atomic E-state index is 0.201. The molecule has 1 aliphatic carbocycles. The van der Waals surface area contributed by atoms with Gasteiger partial charge in [-0.1, -0.05) is 42.0 Å². The van der Waals surface area contributed by atoms with E-state index < -0.39 is 17.8 Å². The molecule has 134 valence electrons. The second-order valence-corrected chi connectivity index (χ2v) is 6.53. The number of benzene rings is 2. The lowest BCUT2D eigenvalue weighted by atomic mass is 9.73. The number of carbonyl (C=O) groups is 2. The summed E-state index contributed by atoms with van der Waals surface area (Å²) in [4.78, 5) is 25.2. The van der Waals surface area contributed by atoms with Crippen LogP contribution in [0.15, 0.2) is 54.6 Å². The molecule has 0 N–H and O–H groups in total. The van der Waals surface area contributed by atoms with Crippen LogP contribution in [0.1, 0.15) is 36.0 Å². The molecule has 0 fully saturated rings. The molecule has 0 radical (unpaired) electrons. The van der Waals surface area contributed by atoms with Gasteiger partial charge in [0, 0.05) is 5.92 Å². The van der Waals surface area contributed by atoms with Crippen molar-refractivity contribution in [3.8, 4) is 0 Å². The third-order valence-corrected chi connectivity index (χ3v) is 4.70. The lowest BCUT2D eigenvalue weighted by Crippen LogP contribution is -2.34. The van der Waals surface area contributed by atoms with E-state index in [4.69, 9.17) is 4.74 Å². The minimum Gasteiger partial charge on any atom is -0.465 e. The van der Waals surface area contributed by atoms with Crippen LogP contribution >= 0.6 is 0 Å². The molecule has 2 aromatic carbocycles. The molecule has 0 saturated heterocycles. The van der Waals surface area contributed by atoms with Crippen LogP contribution in [0, 0.1) is 18.7 Å². The Morgan fingerprint density at radius 3 is 2.58 bits per heavy atom. The molecule has 0 aliphatic heterocycles. The molecule has 2 aromatic rings. The predicted molar refractivity (Wildman–Crippen MR) is 98.0 cm³/mol. The highest BCUT2D eigenvalue weighted by molar-refractivity contribution is 6.10. The zero-order valence-corrected chi connectivity index (χ0v) is 14.9. The van der Waals surface area contributed by atoms with Crippen molar-refractivity contribution >= 4 is 17.3 Å². The molecule has 4 heteroatoms. The maximum absolute atomic E-state index is 13.7. The number of hydrogen-bond acceptors (Lipinski definition) is 3. The maximum Gasteiger partial charge on any atom is 0.317 e. The number of ether oxygens (including phenoxy) is 1. The van der Waals surface area contributed by atoms with Crippen LogP contribution in [-0.2, 0) is 14.3 Å². The van der Waals surface area contributed by atoms with E-state index in [2.05, 4.69) is 0 Å². The fourth-order valence-corrected chi connectivity index (χ4v) is 3.40. The first-order valence-corrected chi connectivity index (χ1v) is 8.73. The van der Waals surface area contributed by atoms with E-state index in [-0.39, 0.29) is 18.2 Å². The van der Waals surface area contributed by atoms with Crippen LogP contribution < -0.4 is 0 Å². The summed E-state index contributed by atoms with van der Waals surface area (Å²) in [5.74, 6) is -2.61. The Morgan fingerprint density at radius 2 is 1.92 bits per heavy atom. The Morgan fingerprint density at radius 1 is 1.19 bits per heavy atom. The van der Waals surface area contributed by atoms with E-state index in [9.17, 15) is 14.0 Å². The van der Waals surface area contributed by atoms with Crippen LogP contribution in [0.3, 0.4) is 0 Å². The molecule has 0 amide bonds. The Balaban J connectivity index is 2.02. The summed E-state index contributed by atoms with van der Waals surface area (Å²) in [6.07, 6.45) is 2.00. The summed E-state index contributed by atoms with van der Waals surface area (Å²) in [6, 6.07) is 14.0. The Kier molecular flexibility index (Phi) is 5.31. The number of halogens is 1. The maximum atomic E-state index is 13.7. The summed E-state index contributed by atoms with van der Waals surface area (Å²) in [5.41, 5.74) is 3.55. The average Bonchev–Trinajstić information content (AvgIpc) is 2.61. The first-order valence-electron chi connectivity index (χ1n) is 8.73. The molecule has 26 heavy (non-hydrogen) atoms. The highest BCUT2D eigenvalue weighted by Gasteiger charge is 2.39. The smallest absolute Gasteiger partial charge is 0.317 e. The molecule has 0 heterocycles. The van der Waals surface area contributed by atoms with Crippen LogP contribution in [-0.4, -0.2) is 18.4 Å². The average molecular weight is 352 g/mol.